The predicted molar refractivity (Wildman–Crippen MR) is 55.9 cm³/mol. The van der Waals surface area contributed by atoms with Gasteiger partial charge in [-0.2, -0.15) is 0 Å². The number of hydrogen-bond donors (Lipinski definition) is 1. The first-order valence-electron chi connectivity index (χ1n) is 5.10. The molecule has 0 unspecified atom stereocenters. The molecule has 0 fully saturated rings. The Balaban J connectivity index is -0.000000720. The largest absolute Gasteiger partial charge is 1.00 e. The molecule has 0 amide bonds. The van der Waals surface area contributed by atoms with Crippen LogP contribution in [0.25, 0.3) is 0 Å². The summed E-state index contributed by atoms with van der Waals surface area (Å²) in [6.07, 6.45) is 10.1. The zero-order valence-electron chi connectivity index (χ0n) is 10.3. The third kappa shape index (κ3) is 14.3. The molecule has 2 nitrogen and oxygen atoms in total. The molecule has 14 heavy (non-hydrogen) atoms. The molecule has 0 aromatic heterocycles. The molecule has 0 aromatic rings. The summed E-state index contributed by atoms with van der Waals surface area (Å²) in [5.74, 6) is -0.674. The molecule has 0 radical (unpaired) electrons. The second-order valence-electron chi connectivity index (χ2n) is 3.34. The summed E-state index contributed by atoms with van der Waals surface area (Å²) in [7, 11) is 0. The van der Waals surface area contributed by atoms with Crippen LogP contribution in [0.3, 0.4) is 0 Å². The van der Waals surface area contributed by atoms with Crippen molar-refractivity contribution in [3.05, 3.63) is 12.7 Å². The first-order chi connectivity index (χ1) is 6.27. The third-order valence-corrected chi connectivity index (χ3v) is 2.05. The Morgan fingerprint density at radius 2 is 1.64 bits per heavy atom. The van der Waals surface area contributed by atoms with Crippen molar-refractivity contribution in [2.45, 2.75) is 51.4 Å². The fourth-order valence-electron chi connectivity index (χ4n) is 1.27. The van der Waals surface area contributed by atoms with Gasteiger partial charge in [0.15, 0.2) is 0 Å². The Kier molecular flexibility index (Phi) is 14.9. The molecule has 0 saturated carbocycles. The number of hydrogen-bond acceptors (Lipinski definition) is 1. The molecule has 78 valence electrons. The van der Waals surface area contributed by atoms with Gasteiger partial charge in [0.25, 0.3) is 0 Å². The van der Waals surface area contributed by atoms with Gasteiger partial charge in [0.05, 0.1) is 0 Å². The van der Waals surface area contributed by atoms with Crippen LogP contribution in [-0.2, 0) is 4.79 Å². The SMILES string of the molecule is C=CCCCCCCCCC(=O)O.[H-].[Li+]. The Hall–Kier alpha value is -0.193. The van der Waals surface area contributed by atoms with Crippen molar-refractivity contribution in [1.82, 2.24) is 0 Å². The number of rotatable bonds is 9. The van der Waals surface area contributed by atoms with Crippen molar-refractivity contribution in [3.8, 4) is 0 Å². The van der Waals surface area contributed by atoms with Crippen LogP contribution in [0.1, 0.15) is 52.8 Å². The topological polar surface area (TPSA) is 37.3 Å². The van der Waals surface area contributed by atoms with Gasteiger partial charge in [-0.3, -0.25) is 4.79 Å². The maximum atomic E-state index is 10.2. The maximum Gasteiger partial charge on any atom is 1.00 e. The van der Waals surface area contributed by atoms with Crippen LogP contribution in [0.5, 0.6) is 0 Å². The molecular weight excluding hydrogens is 171 g/mol. The normalized spacial score (nSPS) is 9.14. The average Bonchev–Trinajstić information content (AvgIpc) is 2.09. The second-order valence-corrected chi connectivity index (χ2v) is 3.34. The first kappa shape index (κ1) is 16.2. The zero-order chi connectivity index (χ0) is 9.94. The van der Waals surface area contributed by atoms with Crippen molar-refractivity contribution < 1.29 is 30.2 Å². The second kappa shape index (κ2) is 12.8. The molecule has 0 aliphatic rings. The van der Waals surface area contributed by atoms with Gasteiger partial charge in [0.1, 0.15) is 0 Å². The number of aliphatic carboxylic acids is 1. The van der Waals surface area contributed by atoms with E-state index in [1.807, 2.05) is 6.08 Å². The number of carboxylic acids is 1. The van der Waals surface area contributed by atoms with Crippen molar-refractivity contribution in [2.24, 2.45) is 0 Å². The third-order valence-electron chi connectivity index (χ3n) is 2.05. The van der Waals surface area contributed by atoms with Gasteiger partial charge in [0, 0.05) is 6.42 Å². The van der Waals surface area contributed by atoms with E-state index in [1.54, 1.807) is 0 Å². The van der Waals surface area contributed by atoms with Crippen LogP contribution >= 0.6 is 0 Å². The first-order valence-corrected chi connectivity index (χ1v) is 5.10. The zero-order valence-corrected chi connectivity index (χ0v) is 9.30. The van der Waals surface area contributed by atoms with Gasteiger partial charge in [-0.05, 0) is 19.3 Å². The minimum absolute atomic E-state index is 0. The fourth-order valence-corrected chi connectivity index (χ4v) is 1.27. The summed E-state index contributed by atoms with van der Waals surface area (Å²) in [5, 5.41) is 8.38. The van der Waals surface area contributed by atoms with Crippen LogP contribution in [0.15, 0.2) is 12.7 Å². The molecule has 0 atom stereocenters. The van der Waals surface area contributed by atoms with Crippen molar-refractivity contribution in [2.75, 3.05) is 0 Å². The summed E-state index contributed by atoms with van der Waals surface area (Å²) in [6, 6.07) is 0. The molecular formula is C11H21LiO2. The van der Waals surface area contributed by atoms with Crippen LogP contribution in [0.2, 0.25) is 0 Å². The number of allylic oxidation sites excluding steroid dienone is 1. The molecule has 0 aliphatic heterocycles. The minimum Gasteiger partial charge on any atom is -1.00 e. The standard InChI is InChI=1S/C11H20O2.Li.H/c1-2-3-4-5-6-7-8-9-10-11(12)13;;/h2H,1,3-10H2,(H,12,13);;/q;+1;-1. The van der Waals surface area contributed by atoms with Gasteiger partial charge in [-0.1, -0.05) is 31.8 Å². The summed E-state index contributed by atoms with van der Waals surface area (Å²) >= 11 is 0. The Morgan fingerprint density at radius 3 is 2.14 bits per heavy atom. The van der Waals surface area contributed by atoms with Crippen LogP contribution < -0.4 is 18.9 Å². The summed E-state index contributed by atoms with van der Waals surface area (Å²) in [4.78, 5) is 10.2. The van der Waals surface area contributed by atoms with Crippen molar-refractivity contribution >= 4 is 5.97 Å². The van der Waals surface area contributed by atoms with E-state index in [-0.39, 0.29) is 20.3 Å². The number of carbonyl (C=O) groups is 1. The maximum absolute atomic E-state index is 10.2. The molecule has 0 saturated heterocycles. The van der Waals surface area contributed by atoms with Crippen molar-refractivity contribution in [3.63, 3.8) is 0 Å². The van der Waals surface area contributed by atoms with Gasteiger partial charge in [-0.15, -0.1) is 6.58 Å². The van der Waals surface area contributed by atoms with E-state index in [2.05, 4.69) is 6.58 Å². The molecule has 0 heterocycles. The van der Waals surface area contributed by atoms with E-state index >= 15 is 0 Å². The van der Waals surface area contributed by atoms with Crippen molar-refractivity contribution in [1.29, 1.82) is 0 Å². The summed E-state index contributed by atoms with van der Waals surface area (Å²) in [6.45, 7) is 3.66. The molecule has 0 rings (SSSR count). The quantitative estimate of drug-likeness (QED) is 0.328. The van der Waals surface area contributed by atoms with E-state index in [1.165, 1.54) is 25.7 Å². The summed E-state index contributed by atoms with van der Waals surface area (Å²) < 4.78 is 0. The Labute approximate surface area is 100 Å². The van der Waals surface area contributed by atoms with Gasteiger partial charge in [0.2, 0.25) is 0 Å². The van der Waals surface area contributed by atoms with E-state index < -0.39 is 5.97 Å². The van der Waals surface area contributed by atoms with Crippen LogP contribution in [0, 0.1) is 0 Å². The van der Waals surface area contributed by atoms with E-state index in [0.717, 1.165) is 19.3 Å². The molecule has 0 bridgehead atoms. The van der Waals surface area contributed by atoms with Gasteiger partial charge in [-0.25, -0.2) is 0 Å². The minimum atomic E-state index is -0.674. The van der Waals surface area contributed by atoms with Crippen LogP contribution in [-0.4, -0.2) is 11.1 Å². The van der Waals surface area contributed by atoms with E-state index in [0.29, 0.717) is 6.42 Å². The Bertz CT molecular complexity index is 152. The van der Waals surface area contributed by atoms with Gasteiger partial charge < -0.3 is 6.53 Å². The Morgan fingerprint density at radius 1 is 1.14 bits per heavy atom. The number of carboxylic acid groups (broad SMARTS) is 1. The molecule has 0 aromatic carbocycles. The summed E-state index contributed by atoms with van der Waals surface area (Å²) in [5.41, 5.74) is 0. The number of unbranched alkanes of at least 4 members (excludes halogenated alkanes) is 6. The molecule has 0 spiro atoms. The van der Waals surface area contributed by atoms with E-state index in [4.69, 9.17) is 5.11 Å². The molecule has 0 aliphatic carbocycles. The smallest absolute Gasteiger partial charge is 1.00 e. The monoisotopic (exact) mass is 192 g/mol. The fraction of sp³-hybridized carbons (Fsp3) is 0.727. The van der Waals surface area contributed by atoms with Crippen LogP contribution in [0.4, 0.5) is 0 Å². The predicted octanol–water partition coefficient (Wildman–Crippen LogP) is 0.494. The average molecular weight is 192 g/mol. The molecule has 1 N–H and O–H groups in total. The van der Waals surface area contributed by atoms with E-state index in [9.17, 15) is 4.79 Å². The molecule has 3 heteroatoms. The van der Waals surface area contributed by atoms with Gasteiger partial charge >= 0.3 is 24.8 Å².